The van der Waals surface area contributed by atoms with Gasteiger partial charge in [-0.15, -0.1) is 0 Å². The molecular weight excluding hydrogens is 539 g/mol. The number of hydrogen-bond acceptors (Lipinski definition) is 6. The summed E-state index contributed by atoms with van der Waals surface area (Å²) in [6.45, 7) is 20.2. The van der Waals surface area contributed by atoms with Crippen molar-refractivity contribution in [2.24, 2.45) is 5.92 Å². The Bertz CT molecular complexity index is 1040. The molecule has 1 heterocycles. The van der Waals surface area contributed by atoms with Crippen LogP contribution in [0.4, 0.5) is 0 Å². The highest BCUT2D eigenvalue weighted by Gasteiger charge is 2.50. The molecule has 0 saturated carbocycles. The van der Waals surface area contributed by atoms with E-state index in [0.717, 1.165) is 11.1 Å². The van der Waals surface area contributed by atoms with Gasteiger partial charge in [-0.1, -0.05) is 109 Å². The molecule has 1 fully saturated rings. The van der Waals surface area contributed by atoms with Crippen molar-refractivity contribution in [1.29, 1.82) is 0 Å². The van der Waals surface area contributed by atoms with Gasteiger partial charge in [0.1, 0.15) is 12.2 Å². The maximum absolute atomic E-state index is 12.8. The summed E-state index contributed by atoms with van der Waals surface area (Å²) in [5, 5.41) is 0. The zero-order chi connectivity index (χ0) is 29.5. The molecule has 0 bridgehead atoms. The Morgan fingerprint density at radius 1 is 0.775 bits per heavy atom. The molecular formula is C32H51O6PSi. The van der Waals surface area contributed by atoms with Gasteiger partial charge in [0.25, 0.3) is 0 Å². The van der Waals surface area contributed by atoms with E-state index in [1.54, 1.807) is 13.3 Å². The van der Waals surface area contributed by atoms with E-state index in [2.05, 4.69) is 65.8 Å². The maximum Gasteiger partial charge on any atom is 0.200 e. The average Bonchev–Trinajstić information content (AvgIpc) is 2.88. The number of hydrogen-bond donors (Lipinski definition) is 0. The Kier molecular flexibility index (Phi) is 12.2. The van der Waals surface area contributed by atoms with Crippen LogP contribution >= 0.6 is 7.37 Å². The molecule has 2 aromatic rings. The predicted octanol–water partition coefficient (Wildman–Crippen LogP) is 8.26. The summed E-state index contributed by atoms with van der Waals surface area (Å²) in [6, 6.07) is 20.3. The lowest BCUT2D eigenvalue weighted by molar-refractivity contribution is -0.277. The zero-order valence-electron chi connectivity index (χ0n) is 25.9. The van der Waals surface area contributed by atoms with Crippen LogP contribution in [0.25, 0.3) is 0 Å². The molecule has 5 atom stereocenters. The highest BCUT2D eigenvalue weighted by atomic mass is 31.2. The van der Waals surface area contributed by atoms with Crippen LogP contribution in [0, 0.1) is 5.92 Å². The van der Waals surface area contributed by atoms with Crippen molar-refractivity contribution >= 4 is 15.7 Å². The Morgan fingerprint density at radius 2 is 1.23 bits per heavy atom. The van der Waals surface area contributed by atoms with Gasteiger partial charge in [0.15, 0.2) is 22.0 Å². The number of benzene rings is 2. The minimum atomic E-state index is -2.84. The van der Waals surface area contributed by atoms with E-state index in [4.69, 9.17) is 23.2 Å². The van der Waals surface area contributed by atoms with Crippen LogP contribution in [0.5, 0.6) is 0 Å². The summed E-state index contributed by atoms with van der Waals surface area (Å²) >= 11 is 0. The molecule has 1 aliphatic heterocycles. The van der Waals surface area contributed by atoms with E-state index in [9.17, 15) is 4.57 Å². The summed E-state index contributed by atoms with van der Waals surface area (Å²) < 4.78 is 45.7. The van der Waals surface area contributed by atoms with Crippen molar-refractivity contribution in [2.75, 3.05) is 19.9 Å². The van der Waals surface area contributed by atoms with Gasteiger partial charge in [0.2, 0.25) is 0 Å². The van der Waals surface area contributed by atoms with E-state index >= 15 is 0 Å². The number of ether oxygens (including phenoxy) is 3. The normalized spacial score (nSPS) is 24.2. The van der Waals surface area contributed by atoms with E-state index < -0.39 is 34.2 Å². The van der Waals surface area contributed by atoms with Crippen molar-refractivity contribution in [2.45, 2.75) is 103 Å². The molecule has 2 aromatic carbocycles. The van der Waals surface area contributed by atoms with Gasteiger partial charge < -0.3 is 18.6 Å². The fraction of sp³-hybridized carbons (Fsp3) is 0.625. The maximum atomic E-state index is 12.8. The first-order valence-corrected chi connectivity index (χ1v) is 19.3. The molecule has 3 rings (SSSR count). The molecule has 8 heteroatoms. The lowest BCUT2D eigenvalue weighted by Crippen LogP contribution is -2.59. The first kappa shape index (κ1) is 33.2. The van der Waals surface area contributed by atoms with Crippen molar-refractivity contribution in [3.63, 3.8) is 0 Å². The van der Waals surface area contributed by atoms with Crippen molar-refractivity contribution in [3.8, 4) is 0 Å². The van der Waals surface area contributed by atoms with E-state index in [1.165, 1.54) is 0 Å². The van der Waals surface area contributed by atoms with Crippen LogP contribution in [-0.4, -0.2) is 52.9 Å². The molecule has 0 spiro atoms. The molecule has 6 nitrogen and oxygen atoms in total. The van der Waals surface area contributed by atoms with Crippen LogP contribution in [0.1, 0.15) is 59.6 Å². The molecule has 40 heavy (non-hydrogen) atoms. The summed E-state index contributed by atoms with van der Waals surface area (Å²) in [7, 11) is -5.02. The summed E-state index contributed by atoms with van der Waals surface area (Å²) in [5.41, 5.74) is 3.46. The quantitative estimate of drug-likeness (QED) is 0.163. The third kappa shape index (κ3) is 8.60. The number of rotatable bonds is 14. The Hall–Kier alpha value is -1.31. The third-order valence-electron chi connectivity index (χ3n) is 8.08. The van der Waals surface area contributed by atoms with Crippen molar-refractivity contribution in [1.82, 2.24) is 0 Å². The standard InChI is InChI=1S/C32H51O6PSi/c1-23(2)40(24(3)4,25(5)6)36-22-29-31(35-21-28-18-14-11-15-19-28)30(34-20-27-16-12-10-13-17-27)26(7)32(37-29)38-39(8,9)33/h10-19,23-26,29-32H,20-22H2,1-9H3. The van der Waals surface area contributed by atoms with Gasteiger partial charge in [0.05, 0.1) is 25.9 Å². The lowest BCUT2D eigenvalue weighted by Gasteiger charge is -2.48. The predicted molar refractivity (Wildman–Crippen MR) is 165 cm³/mol. The van der Waals surface area contributed by atoms with E-state index in [-0.39, 0.29) is 12.0 Å². The summed E-state index contributed by atoms with van der Waals surface area (Å²) in [5.74, 6) is -0.212. The molecule has 1 aliphatic rings. The SMILES string of the molecule is CC1C(OP(C)(C)=O)OC(CO[Si](C(C)C)(C(C)C)C(C)C)C(OCc2ccccc2)C1OCc1ccccc1. The van der Waals surface area contributed by atoms with Crippen LogP contribution < -0.4 is 0 Å². The van der Waals surface area contributed by atoms with Crippen LogP contribution in [0.15, 0.2) is 60.7 Å². The van der Waals surface area contributed by atoms with Gasteiger partial charge in [-0.2, -0.15) is 0 Å². The average molecular weight is 591 g/mol. The Balaban J connectivity index is 1.95. The van der Waals surface area contributed by atoms with Gasteiger partial charge in [0, 0.05) is 19.2 Å². The van der Waals surface area contributed by atoms with Crippen LogP contribution in [0.3, 0.4) is 0 Å². The van der Waals surface area contributed by atoms with Crippen molar-refractivity contribution < 1.29 is 27.7 Å². The van der Waals surface area contributed by atoms with Crippen molar-refractivity contribution in [3.05, 3.63) is 71.8 Å². The molecule has 1 saturated heterocycles. The topological polar surface area (TPSA) is 63.2 Å². The largest absolute Gasteiger partial charge is 0.413 e. The zero-order valence-corrected chi connectivity index (χ0v) is 27.8. The Labute approximate surface area is 243 Å². The van der Waals surface area contributed by atoms with Gasteiger partial charge in [-0.05, 0) is 27.8 Å². The fourth-order valence-electron chi connectivity index (χ4n) is 6.25. The summed E-state index contributed by atoms with van der Waals surface area (Å²) in [4.78, 5) is 0. The van der Waals surface area contributed by atoms with Gasteiger partial charge in [-0.3, -0.25) is 9.09 Å². The van der Waals surface area contributed by atoms with Crippen LogP contribution in [0.2, 0.25) is 16.6 Å². The molecule has 0 amide bonds. The second kappa shape index (κ2) is 14.7. The summed E-state index contributed by atoms with van der Waals surface area (Å²) in [6.07, 6.45) is -1.89. The highest BCUT2D eigenvalue weighted by molar-refractivity contribution is 7.57. The van der Waals surface area contributed by atoms with Gasteiger partial charge >= 0.3 is 0 Å². The fourth-order valence-corrected chi connectivity index (χ4v) is 12.4. The highest BCUT2D eigenvalue weighted by Crippen LogP contribution is 2.46. The Morgan fingerprint density at radius 3 is 1.65 bits per heavy atom. The molecule has 0 aliphatic carbocycles. The molecule has 0 N–H and O–H groups in total. The molecule has 224 valence electrons. The lowest BCUT2D eigenvalue weighted by atomic mass is 9.92. The second-order valence-corrected chi connectivity index (χ2v) is 20.6. The molecule has 5 unspecified atom stereocenters. The van der Waals surface area contributed by atoms with E-state index in [1.807, 2.05) is 43.3 Å². The molecule has 0 radical (unpaired) electrons. The van der Waals surface area contributed by atoms with E-state index in [0.29, 0.717) is 36.4 Å². The second-order valence-electron chi connectivity index (χ2n) is 12.4. The minimum Gasteiger partial charge on any atom is -0.413 e. The molecule has 0 aromatic heterocycles. The first-order chi connectivity index (χ1) is 18.8. The van der Waals surface area contributed by atoms with Gasteiger partial charge in [-0.25, -0.2) is 0 Å². The van der Waals surface area contributed by atoms with Crippen LogP contribution in [-0.2, 0) is 40.9 Å². The minimum absolute atomic E-state index is 0.212. The monoisotopic (exact) mass is 590 g/mol. The third-order valence-corrected chi connectivity index (χ3v) is 14.9. The smallest absolute Gasteiger partial charge is 0.200 e. The first-order valence-electron chi connectivity index (χ1n) is 14.7.